The van der Waals surface area contributed by atoms with Gasteiger partial charge in [0.1, 0.15) is 6.10 Å². The van der Waals surface area contributed by atoms with Gasteiger partial charge >= 0.3 is 11.9 Å². The summed E-state index contributed by atoms with van der Waals surface area (Å²) < 4.78 is 16.8. The van der Waals surface area contributed by atoms with Crippen LogP contribution >= 0.6 is 0 Å². The highest BCUT2D eigenvalue weighted by Crippen LogP contribution is 2.77. The van der Waals surface area contributed by atoms with E-state index >= 15 is 0 Å². The number of hydrogen-bond donors (Lipinski definition) is 0. The molecular formula is C48H70N2O4+2. The highest BCUT2D eigenvalue weighted by molar-refractivity contribution is 5.68. The molecule has 2 aromatic heterocycles. The molecule has 0 aromatic carbocycles. The van der Waals surface area contributed by atoms with Gasteiger partial charge in [0.2, 0.25) is 13.1 Å². The lowest BCUT2D eigenvalue weighted by Gasteiger charge is -2.73. The average molecular weight is 739 g/mol. The largest absolute Gasteiger partial charge is 0.460 e. The molecular weight excluding hydrogens is 669 g/mol. The Kier molecular flexibility index (Phi) is 10.1. The molecule has 0 spiro atoms. The van der Waals surface area contributed by atoms with Crippen LogP contribution in [0.4, 0.5) is 0 Å². The van der Waals surface area contributed by atoms with Crippen molar-refractivity contribution in [1.29, 1.82) is 0 Å². The topological polar surface area (TPSA) is 60.4 Å². The molecule has 5 fully saturated rings. The van der Waals surface area contributed by atoms with Crippen LogP contribution in [0.5, 0.6) is 0 Å². The van der Waals surface area contributed by atoms with E-state index in [-0.39, 0.29) is 58.2 Å². The maximum Gasteiger partial charge on any atom is 0.372 e. The van der Waals surface area contributed by atoms with Gasteiger partial charge in [-0.3, -0.25) is 0 Å². The van der Waals surface area contributed by atoms with E-state index in [1.165, 1.54) is 48.8 Å². The standard InChI is InChI=1S/C48H70N2O4/c1-31(2)36-14-21-48(30-53-41(51)28-49-24-17-32(3)26-34(49)5)23-22-46(10)37(43(36)48)12-13-39-45(9)19-16-40(44(7,8)38(45)15-20-47(39,46)11)54-42(52)29-50-25-18-33(4)27-35(50)6/h17-18,24-27,36-40,43H,1,12-16,19-23,28-30H2,2-11H3/q+2/t36-,37+,38-,39+,40-,43+,45-,46+,47+,48+/m0/s1. The van der Waals surface area contributed by atoms with Gasteiger partial charge in [0.15, 0.2) is 23.8 Å². The summed E-state index contributed by atoms with van der Waals surface area (Å²) in [5.41, 5.74) is 6.46. The van der Waals surface area contributed by atoms with E-state index in [9.17, 15) is 9.59 Å². The third-order valence-electron chi connectivity index (χ3n) is 17.4. The molecule has 6 heteroatoms. The zero-order valence-corrected chi connectivity index (χ0v) is 35.4. The van der Waals surface area contributed by atoms with Gasteiger partial charge in [-0.25, -0.2) is 9.59 Å². The number of allylic oxidation sites excluding steroid dienone is 1. The molecule has 2 heterocycles. The first-order valence-electron chi connectivity index (χ1n) is 21.3. The normalized spacial score (nSPS) is 38.0. The van der Waals surface area contributed by atoms with Crippen LogP contribution in [0.2, 0.25) is 0 Å². The van der Waals surface area contributed by atoms with E-state index in [2.05, 4.69) is 100 Å². The van der Waals surface area contributed by atoms with Crippen LogP contribution in [0.15, 0.2) is 48.8 Å². The number of pyridine rings is 2. The third-order valence-corrected chi connectivity index (χ3v) is 17.4. The maximum absolute atomic E-state index is 13.4. The van der Waals surface area contributed by atoms with Gasteiger partial charge in [-0.15, -0.1) is 0 Å². The predicted octanol–water partition coefficient (Wildman–Crippen LogP) is 9.31. The maximum atomic E-state index is 13.4. The molecule has 0 N–H and O–H groups in total. The monoisotopic (exact) mass is 739 g/mol. The van der Waals surface area contributed by atoms with Crippen molar-refractivity contribution in [2.45, 2.75) is 153 Å². The molecule has 0 aliphatic heterocycles. The van der Waals surface area contributed by atoms with E-state index in [4.69, 9.17) is 9.47 Å². The van der Waals surface area contributed by atoms with Crippen LogP contribution in [0, 0.1) is 84.4 Å². The third kappa shape index (κ3) is 6.28. The average Bonchev–Trinajstić information content (AvgIpc) is 3.48. The number of esters is 2. The lowest BCUT2D eigenvalue weighted by molar-refractivity contribution is -0.692. The first-order chi connectivity index (χ1) is 25.3. The Morgan fingerprint density at radius 2 is 1.37 bits per heavy atom. The van der Waals surface area contributed by atoms with Crippen LogP contribution < -0.4 is 9.13 Å². The number of ether oxygens (including phenoxy) is 2. The van der Waals surface area contributed by atoms with Gasteiger partial charge < -0.3 is 9.47 Å². The number of aryl methyl sites for hydroxylation is 4. The second kappa shape index (κ2) is 13.9. The van der Waals surface area contributed by atoms with Crippen molar-refractivity contribution < 1.29 is 28.2 Å². The molecule has 54 heavy (non-hydrogen) atoms. The number of hydrogen-bond acceptors (Lipinski definition) is 4. The van der Waals surface area contributed by atoms with Gasteiger partial charge in [0, 0.05) is 48.9 Å². The Hall–Kier alpha value is -3.02. The minimum Gasteiger partial charge on any atom is -0.460 e. The fourth-order valence-corrected chi connectivity index (χ4v) is 14.4. The molecule has 7 rings (SSSR count). The Morgan fingerprint density at radius 3 is 1.98 bits per heavy atom. The fraction of sp³-hybridized carbons (Fsp3) is 0.708. The van der Waals surface area contributed by atoms with Crippen LogP contribution in [0.1, 0.15) is 128 Å². The number of fused-ring (bicyclic) bond motifs is 7. The minimum absolute atomic E-state index is 0.0279. The van der Waals surface area contributed by atoms with E-state index in [0.717, 1.165) is 43.5 Å². The highest BCUT2D eigenvalue weighted by Gasteiger charge is 2.71. The molecule has 5 saturated carbocycles. The first kappa shape index (κ1) is 39.2. The second-order valence-corrected chi connectivity index (χ2v) is 20.5. The molecule has 2 aromatic rings. The molecule has 0 radical (unpaired) electrons. The molecule has 0 unspecified atom stereocenters. The molecule has 294 valence electrons. The molecule has 10 atom stereocenters. The fourth-order valence-electron chi connectivity index (χ4n) is 14.4. The van der Waals surface area contributed by atoms with Gasteiger partial charge in [-0.1, -0.05) is 46.8 Å². The van der Waals surface area contributed by atoms with Crippen LogP contribution in [0.25, 0.3) is 0 Å². The Bertz CT molecular complexity index is 1820. The lowest BCUT2D eigenvalue weighted by Crippen LogP contribution is -2.67. The van der Waals surface area contributed by atoms with Crippen molar-refractivity contribution in [2.24, 2.45) is 56.7 Å². The number of carbonyl (C=O) groups excluding carboxylic acids is 2. The summed E-state index contributed by atoms with van der Waals surface area (Å²) in [7, 11) is 0. The highest BCUT2D eigenvalue weighted by atomic mass is 16.5. The van der Waals surface area contributed by atoms with E-state index in [0.29, 0.717) is 36.2 Å². The molecule has 5 aliphatic rings. The second-order valence-electron chi connectivity index (χ2n) is 20.5. The lowest BCUT2D eigenvalue weighted by atomic mass is 9.32. The molecule has 6 nitrogen and oxygen atoms in total. The van der Waals surface area contributed by atoms with Crippen molar-refractivity contribution in [3.8, 4) is 0 Å². The molecule has 5 aliphatic carbocycles. The first-order valence-corrected chi connectivity index (χ1v) is 21.3. The van der Waals surface area contributed by atoms with Crippen molar-refractivity contribution in [3.63, 3.8) is 0 Å². The quantitative estimate of drug-likeness (QED) is 0.154. The van der Waals surface area contributed by atoms with Crippen LogP contribution in [-0.4, -0.2) is 24.6 Å². The van der Waals surface area contributed by atoms with Crippen LogP contribution in [-0.2, 0) is 32.2 Å². The van der Waals surface area contributed by atoms with E-state index in [1.54, 1.807) is 0 Å². The number of rotatable bonds is 8. The van der Waals surface area contributed by atoms with Gasteiger partial charge in [-0.2, -0.15) is 9.13 Å². The summed E-state index contributed by atoms with van der Waals surface area (Å²) in [6.45, 7) is 29.0. The number of nitrogens with zero attached hydrogens (tertiary/aromatic N) is 2. The van der Waals surface area contributed by atoms with E-state index in [1.807, 2.05) is 21.5 Å². The summed E-state index contributed by atoms with van der Waals surface area (Å²) in [6, 6.07) is 8.37. The summed E-state index contributed by atoms with van der Waals surface area (Å²) in [5.74, 6) is 2.48. The van der Waals surface area contributed by atoms with Crippen molar-refractivity contribution in [2.75, 3.05) is 6.61 Å². The van der Waals surface area contributed by atoms with Crippen molar-refractivity contribution in [1.82, 2.24) is 0 Å². The Labute approximate surface area is 326 Å². The number of aromatic nitrogens is 2. The summed E-state index contributed by atoms with van der Waals surface area (Å²) in [5, 5.41) is 0. The predicted molar refractivity (Wildman–Crippen MR) is 212 cm³/mol. The molecule has 0 amide bonds. The zero-order valence-electron chi connectivity index (χ0n) is 35.4. The molecule has 0 saturated heterocycles. The minimum atomic E-state index is -0.123. The molecule has 0 bridgehead atoms. The number of carbonyl (C=O) groups is 2. The smallest absolute Gasteiger partial charge is 0.372 e. The summed E-state index contributed by atoms with van der Waals surface area (Å²) >= 11 is 0. The zero-order chi connectivity index (χ0) is 39.0. The van der Waals surface area contributed by atoms with Crippen molar-refractivity contribution in [3.05, 3.63) is 71.3 Å². The van der Waals surface area contributed by atoms with Crippen molar-refractivity contribution >= 4 is 11.9 Å². The summed E-state index contributed by atoms with van der Waals surface area (Å²) in [6.07, 6.45) is 15.5. The van der Waals surface area contributed by atoms with Crippen LogP contribution in [0.3, 0.4) is 0 Å². The van der Waals surface area contributed by atoms with Gasteiger partial charge in [-0.05, 0) is 142 Å². The summed E-state index contributed by atoms with van der Waals surface area (Å²) in [4.78, 5) is 26.8. The van der Waals surface area contributed by atoms with Gasteiger partial charge in [0.05, 0.1) is 6.61 Å². The van der Waals surface area contributed by atoms with E-state index < -0.39 is 0 Å². The van der Waals surface area contributed by atoms with Gasteiger partial charge in [0.25, 0.3) is 0 Å². The SMILES string of the molecule is C=C(C)[C@@H]1CC[C@]2(COC(=O)C[n+]3ccc(C)cc3C)CC[C@]3(C)[C@H](CC[C@@H]4[C@@]5(C)CC[C@H](OC(=O)C[n+]6ccc(C)cc6C)C(C)(C)[C@@H]5CC[C@]43C)[C@@H]12. The Balaban J connectivity index is 1.09. The Morgan fingerprint density at radius 1 is 0.741 bits per heavy atom.